The molecule has 0 radical (unpaired) electrons. The van der Waals surface area contributed by atoms with Gasteiger partial charge >= 0.3 is 6.18 Å². The average molecular weight is 250 g/mol. The lowest BCUT2D eigenvalue weighted by Gasteiger charge is -2.01. The van der Waals surface area contributed by atoms with E-state index in [0.29, 0.717) is 0 Å². The molecule has 102 valence electrons. The van der Waals surface area contributed by atoms with Crippen LogP contribution in [0.3, 0.4) is 0 Å². The summed E-state index contributed by atoms with van der Waals surface area (Å²) in [7, 11) is 0. The lowest BCUT2D eigenvalue weighted by atomic mass is 10.1. The molecule has 0 fully saturated rings. The Kier molecular flexibility index (Phi) is 10.4. The van der Waals surface area contributed by atoms with Crippen molar-refractivity contribution in [2.45, 2.75) is 77.3 Å². The molecule has 0 aromatic heterocycles. The van der Waals surface area contributed by atoms with Crippen molar-refractivity contribution in [2.75, 3.05) is 0 Å². The van der Waals surface area contributed by atoms with Gasteiger partial charge in [0.25, 0.3) is 0 Å². The van der Waals surface area contributed by atoms with Crippen molar-refractivity contribution in [3.8, 4) is 0 Å². The normalized spacial score (nSPS) is 12.5. The van der Waals surface area contributed by atoms with Crippen molar-refractivity contribution in [2.24, 2.45) is 0 Å². The first kappa shape index (κ1) is 16.5. The Balaban J connectivity index is 3.13. The van der Waals surface area contributed by atoms with E-state index in [1.54, 1.807) is 6.08 Å². The van der Waals surface area contributed by atoms with Crippen LogP contribution in [0.5, 0.6) is 0 Å². The first-order valence-electron chi connectivity index (χ1n) is 6.78. The van der Waals surface area contributed by atoms with Gasteiger partial charge in [0.05, 0.1) is 6.42 Å². The van der Waals surface area contributed by atoms with E-state index in [0.717, 1.165) is 19.3 Å². The highest BCUT2D eigenvalue weighted by Gasteiger charge is 2.24. The molecule has 0 aliphatic carbocycles. The van der Waals surface area contributed by atoms with E-state index in [9.17, 15) is 13.2 Å². The Bertz CT molecular complexity index is 182. The van der Waals surface area contributed by atoms with Gasteiger partial charge in [-0.3, -0.25) is 0 Å². The Labute approximate surface area is 103 Å². The van der Waals surface area contributed by atoms with Crippen LogP contribution >= 0.6 is 0 Å². The van der Waals surface area contributed by atoms with Crippen LogP contribution in [0.2, 0.25) is 0 Å². The summed E-state index contributed by atoms with van der Waals surface area (Å²) in [5.41, 5.74) is 0. The molecule has 0 heterocycles. The Morgan fingerprint density at radius 1 is 0.765 bits per heavy atom. The molecule has 0 amide bonds. The summed E-state index contributed by atoms with van der Waals surface area (Å²) in [6, 6.07) is 0. The van der Waals surface area contributed by atoms with Gasteiger partial charge in [-0.2, -0.15) is 13.2 Å². The van der Waals surface area contributed by atoms with Crippen molar-refractivity contribution < 1.29 is 13.2 Å². The van der Waals surface area contributed by atoms with Crippen LogP contribution in [-0.4, -0.2) is 6.18 Å². The predicted molar refractivity (Wildman–Crippen MR) is 67.0 cm³/mol. The molecule has 0 aromatic carbocycles. The second kappa shape index (κ2) is 10.7. The molecule has 0 aromatic rings. The molecule has 17 heavy (non-hydrogen) atoms. The molecule has 0 saturated heterocycles. The molecular formula is C14H25F3. The van der Waals surface area contributed by atoms with Crippen LogP contribution in [0.15, 0.2) is 12.2 Å². The molecule has 0 spiro atoms. The highest BCUT2D eigenvalue weighted by atomic mass is 19.4. The average Bonchev–Trinajstić information content (AvgIpc) is 2.24. The first-order chi connectivity index (χ1) is 8.06. The van der Waals surface area contributed by atoms with Crippen LogP contribution in [0.1, 0.15) is 71.1 Å². The third kappa shape index (κ3) is 15.5. The number of unbranched alkanes of at least 4 members (excludes halogenated alkanes) is 8. The summed E-state index contributed by atoms with van der Waals surface area (Å²) >= 11 is 0. The maximum absolute atomic E-state index is 11.8. The molecule has 0 atom stereocenters. The minimum absolute atomic E-state index is 0.783. The van der Waals surface area contributed by atoms with E-state index < -0.39 is 12.6 Å². The van der Waals surface area contributed by atoms with Crippen LogP contribution < -0.4 is 0 Å². The summed E-state index contributed by atoms with van der Waals surface area (Å²) in [4.78, 5) is 0. The van der Waals surface area contributed by atoms with Gasteiger partial charge in [0.2, 0.25) is 0 Å². The van der Waals surface area contributed by atoms with E-state index in [1.807, 2.05) is 0 Å². The fourth-order valence-corrected chi connectivity index (χ4v) is 1.73. The van der Waals surface area contributed by atoms with Gasteiger partial charge in [-0.15, -0.1) is 0 Å². The molecule has 0 rings (SSSR count). The monoisotopic (exact) mass is 250 g/mol. The van der Waals surface area contributed by atoms with Crippen LogP contribution in [0.4, 0.5) is 13.2 Å². The molecule has 0 N–H and O–H groups in total. The third-order valence-corrected chi connectivity index (χ3v) is 2.74. The van der Waals surface area contributed by atoms with Crippen LogP contribution in [-0.2, 0) is 0 Å². The topological polar surface area (TPSA) is 0 Å². The van der Waals surface area contributed by atoms with Crippen molar-refractivity contribution in [3.63, 3.8) is 0 Å². The molecule has 0 aliphatic rings. The zero-order valence-electron chi connectivity index (χ0n) is 10.9. The van der Waals surface area contributed by atoms with Gasteiger partial charge in [0.1, 0.15) is 0 Å². The van der Waals surface area contributed by atoms with Crippen LogP contribution in [0, 0.1) is 0 Å². The maximum atomic E-state index is 11.8. The molecule has 0 saturated carbocycles. The SMILES string of the molecule is CCCCCCCCCCC=CCC(F)(F)F. The van der Waals surface area contributed by atoms with Crippen molar-refractivity contribution >= 4 is 0 Å². The quantitative estimate of drug-likeness (QED) is 0.328. The third-order valence-electron chi connectivity index (χ3n) is 2.74. The van der Waals surface area contributed by atoms with Gasteiger partial charge in [-0.1, -0.05) is 64.0 Å². The van der Waals surface area contributed by atoms with Gasteiger partial charge in [0, 0.05) is 0 Å². The van der Waals surface area contributed by atoms with E-state index in [-0.39, 0.29) is 0 Å². The first-order valence-corrected chi connectivity index (χ1v) is 6.78. The summed E-state index contributed by atoms with van der Waals surface area (Å²) in [5.74, 6) is 0. The van der Waals surface area contributed by atoms with Crippen molar-refractivity contribution in [1.29, 1.82) is 0 Å². The Morgan fingerprint density at radius 3 is 1.82 bits per heavy atom. The second-order valence-corrected chi connectivity index (χ2v) is 4.55. The molecule has 3 heteroatoms. The zero-order valence-corrected chi connectivity index (χ0v) is 10.9. The molecular weight excluding hydrogens is 225 g/mol. The largest absolute Gasteiger partial charge is 0.392 e. The minimum atomic E-state index is -4.05. The highest BCUT2D eigenvalue weighted by molar-refractivity contribution is 4.83. The fraction of sp³-hybridized carbons (Fsp3) is 0.857. The molecule has 0 nitrogen and oxygen atoms in total. The number of halogens is 3. The summed E-state index contributed by atoms with van der Waals surface area (Å²) < 4.78 is 35.3. The zero-order chi connectivity index (χ0) is 13.0. The fourth-order valence-electron chi connectivity index (χ4n) is 1.73. The molecule has 0 aliphatic heterocycles. The molecule has 0 bridgehead atoms. The van der Waals surface area contributed by atoms with Crippen molar-refractivity contribution in [1.82, 2.24) is 0 Å². The van der Waals surface area contributed by atoms with Gasteiger partial charge in [0.15, 0.2) is 0 Å². The Morgan fingerprint density at radius 2 is 1.29 bits per heavy atom. The standard InChI is InChI=1S/C14H25F3/c1-2-3-4-5-6-7-8-9-10-11-12-13-14(15,16)17/h11-12H,2-10,13H2,1H3. The van der Waals surface area contributed by atoms with Gasteiger partial charge < -0.3 is 0 Å². The molecule has 0 unspecified atom stereocenters. The second-order valence-electron chi connectivity index (χ2n) is 4.55. The number of hydrogen-bond donors (Lipinski definition) is 0. The number of allylic oxidation sites excluding steroid dienone is 2. The summed E-state index contributed by atoms with van der Waals surface area (Å²) in [6.07, 6.45) is 8.70. The van der Waals surface area contributed by atoms with E-state index >= 15 is 0 Å². The van der Waals surface area contributed by atoms with E-state index in [2.05, 4.69) is 6.92 Å². The van der Waals surface area contributed by atoms with E-state index in [1.165, 1.54) is 44.6 Å². The van der Waals surface area contributed by atoms with Crippen LogP contribution in [0.25, 0.3) is 0 Å². The lowest BCUT2D eigenvalue weighted by molar-refractivity contribution is -0.125. The Hall–Kier alpha value is -0.470. The lowest BCUT2D eigenvalue weighted by Crippen LogP contribution is -2.03. The summed E-state index contributed by atoms with van der Waals surface area (Å²) in [5, 5.41) is 0. The number of alkyl halides is 3. The summed E-state index contributed by atoms with van der Waals surface area (Å²) in [6.45, 7) is 2.20. The highest BCUT2D eigenvalue weighted by Crippen LogP contribution is 2.20. The maximum Gasteiger partial charge on any atom is 0.392 e. The van der Waals surface area contributed by atoms with E-state index in [4.69, 9.17) is 0 Å². The van der Waals surface area contributed by atoms with Gasteiger partial charge in [-0.05, 0) is 12.8 Å². The smallest absolute Gasteiger partial charge is 0.171 e. The van der Waals surface area contributed by atoms with Crippen molar-refractivity contribution in [3.05, 3.63) is 12.2 Å². The number of rotatable bonds is 10. The minimum Gasteiger partial charge on any atom is -0.171 e. The predicted octanol–water partition coefficient (Wildman–Crippen LogP) is 6.03. The number of hydrogen-bond acceptors (Lipinski definition) is 0. The van der Waals surface area contributed by atoms with Gasteiger partial charge in [-0.25, -0.2) is 0 Å².